The van der Waals surface area contributed by atoms with Crippen molar-refractivity contribution in [2.24, 2.45) is 12.5 Å². The maximum atomic E-state index is 9.75. The molecule has 0 fully saturated rings. The molecule has 0 radical (unpaired) electrons. The lowest BCUT2D eigenvalue weighted by Crippen LogP contribution is -2.32. The molecule has 0 N–H and O–H groups in total. The highest BCUT2D eigenvalue weighted by atomic mass is 32.2. The molecule has 0 unspecified atom stereocenters. The number of rotatable bonds is 2. The number of nitrogens with zero attached hydrogens (tertiary/aromatic N) is 2. The Morgan fingerprint density at radius 2 is 1.57 bits per heavy atom. The molecular weight excluding hydrogens is 468 g/mol. The molecule has 0 atom stereocenters. The van der Waals surface area contributed by atoms with Crippen LogP contribution in [0.2, 0.25) is 0 Å². The molecule has 0 amide bonds. The number of aromatic nitrogens is 1. The Morgan fingerprint density at radius 3 is 2.27 bits per heavy atom. The summed E-state index contributed by atoms with van der Waals surface area (Å²) in [5.41, 5.74) is 6.28. The molecule has 0 saturated carbocycles. The van der Waals surface area contributed by atoms with E-state index in [9.17, 15) is 5.26 Å². The van der Waals surface area contributed by atoms with Crippen LogP contribution in [0.25, 0.3) is 43.6 Å². The minimum absolute atomic E-state index is 0.00676. The minimum atomic E-state index is -0.413. The number of nitriles is 1. The molecule has 2 heterocycles. The summed E-state index contributed by atoms with van der Waals surface area (Å²) < 4.78 is 2.31. The smallest absolute Gasteiger partial charge is 0.200 e. The molecule has 1 aliphatic rings. The van der Waals surface area contributed by atoms with Gasteiger partial charge >= 0.3 is 0 Å². The third-order valence-corrected chi connectivity index (χ3v) is 9.05. The van der Waals surface area contributed by atoms with Crippen LogP contribution in [-0.2, 0) is 18.9 Å². The Morgan fingerprint density at radius 1 is 0.865 bits per heavy atom. The van der Waals surface area contributed by atoms with E-state index in [1.807, 2.05) is 25.6 Å². The van der Waals surface area contributed by atoms with E-state index in [4.69, 9.17) is 0 Å². The fourth-order valence-corrected chi connectivity index (χ4v) is 7.79. The van der Waals surface area contributed by atoms with Gasteiger partial charge in [-0.3, -0.25) is 0 Å². The highest BCUT2D eigenvalue weighted by molar-refractivity contribution is 8.00. The molecule has 0 aliphatic carbocycles. The first kappa shape index (κ1) is 24.0. The van der Waals surface area contributed by atoms with Gasteiger partial charge < -0.3 is 0 Å². The predicted molar refractivity (Wildman–Crippen MR) is 156 cm³/mol. The van der Waals surface area contributed by atoms with Crippen molar-refractivity contribution < 1.29 is 4.57 Å². The fourth-order valence-electron chi connectivity index (χ4n) is 6.22. The fraction of sp³-hybridized carbons (Fsp3) is 0.294. The molecule has 0 spiro atoms. The Labute approximate surface area is 223 Å². The van der Waals surface area contributed by atoms with Crippen LogP contribution in [0.3, 0.4) is 0 Å². The Hall–Kier alpha value is -3.35. The lowest BCUT2D eigenvalue weighted by atomic mass is 9.80. The summed E-state index contributed by atoms with van der Waals surface area (Å²) in [6, 6.07) is 22.7. The van der Waals surface area contributed by atoms with Gasteiger partial charge in [0.05, 0.1) is 22.4 Å². The first-order chi connectivity index (χ1) is 17.5. The molecule has 6 rings (SSSR count). The summed E-state index contributed by atoms with van der Waals surface area (Å²) in [4.78, 5) is 2.69. The third kappa shape index (κ3) is 3.57. The molecule has 2 nitrogen and oxygen atoms in total. The van der Waals surface area contributed by atoms with Gasteiger partial charge in [-0.1, -0.05) is 75.0 Å². The number of pyridine rings is 1. The van der Waals surface area contributed by atoms with Crippen molar-refractivity contribution in [1.82, 2.24) is 0 Å². The number of hydrogen-bond acceptors (Lipinski definition) is 2. The van der Waals surface area contributed by atoms with Crippen LogP contribution < -0.4 is 4.57 Å². The van der Waals surface area contributed by atoms with E-state index >= 15 is 0 Å². The third-order valence-electron chi connectivity index (χ3n) is 7.90. The minimum Gasteiger partial charge on any atom is -0.200 e. The lowest BCUT2D eigenvalue weighted by Gasteiger charge is -2.30. The SMILES string of the molecule is Cc1c2c(c(C(C)(C)C)c3ccccc13)Sc1cc3c(CC(C)(C)C#N)cccc3c3cc[n+](C)c-2c13. The summed E-state index contributed by atoms with van der Waals surface area (Å²) in [6.45, 7) is 13.4. The highest BCUT2D eigenvalue weighted by Crippen LogP contribution is 2.54. The Balaban J connectivity index is 1.78. The number of benzene rings is 4. The van der Waals surface area contributed by atoms with Gasteiger partial charge in [-0.25, -0.2) is 4.57 Å². The standard InChI is InChI=1S/C34H33N2S/c1-20-22-12-8-9-13-25(22)30(33(2,3)4)32-28(20)31-29-24(15-16-36(31)7)23-14-10-11-21(18-34(5,6)19-35)26(23)17-27(29)37-32/h8-17H,18H2,1-7H3/q+1. The quantitative estimate of drug-likeness (QED) is 0.175. The summed E-state index contributed by atoms with van der Waals surface area (Å²) in [5, 5.41) is 17.6. The summed E-state index contributed by atoms with van der Waals surface area (Å²) in [5.74, 6) is 0. The van der Waals surface area contributed by atoms with Crippen LogP contribution in [0.15, 0.2) is 70.6 Å². The van der Waals surface area contributed by atoms with Crippen molar-refractivity contribution in [2.45, 2.75) is 63.2 Å². The van der Waals surface area contributed by atoms with Gasteiger partial charge in [-0.15, -0.1) is 0 Å². The molecule has 184 valence electrons. The Kier molecular flexibility index (Phi) is 5.24. The summed E-state index contributed by atoms with van der Waals surface area (Å²) in [7, 11) is 2.18. The molecule has 1 aromatic heterocycles. The molecular formula is C34H33N2S+. The van der Waals surface area contributed by atoms with E-state index in [1.54, 1.807) is 0 Å². The second-order valence-electron chi connectivity index (χ2n) is 12.2. The zero-order chi connectivity index (χ0) is 26.3. The largest absolute Gasteiger partial charge is 0.222 e. The van der Waals surface area contributed by atoms with Gasteiger partial charge in [0, 0.05) is 21.2 Å². The van der Waals surface area contributed by atoms with Gasteiger partial charge in [-0.05, 0) is 76.9 Å². The van der Waals surface area contributed by atoms with Crippen LogP contribution in [-0.4, -0.2) is 0 Å². The first-order valence-corrected chi connectivity index (χ1v) is 13.9. The van der Waals surface area contributed by atoms with Crippen LogP contribution in [0.5, 0.6) is 0 Å². The highest BCUT2D eigenvalue weighted by Gasteiger charge is 2.35. The molecule has 0 saturated heterocycles. The van der Waals surface area contributed by atoms with Gasteiger partial charge in [0.25, 0.3) is 0 Å². The van der Waals surface area contributed by atoms with Gasteiger partial charge in [0.15, 0.2) is 6.20 Å². The summed E-state index contributed by atoms with van der Waals surface area (Å²) in [6.07, 6.45) is 2.95. The van der Waals surface area contributed by atoms with E-state index in [0.717, 1.165) is 6.42 Å². The predicted octanol–water partition coefficient (Wildman–Crippen LogP) is 8.80. The number of aryl methyl sites for hydroxylation is 2. The maximum Gasteiger partial charge on any atom is 0.222 e. The van der Waals surface area contributed by atoms with Crippen LogP contribution in [0.1, 0.15) is 51.3 Å². The topological polar surface area (TPSA) is 27.7 Å². The van der Waals surface area contributed by atoms with Gasteiger partial charge in [0.2, 0.25) is 5.69 Å². The van der Waals surface area contributed by atoms with Crippen LogP contribution >= 0.6 is 11.8 Å². The van der Waals surface area contributed by atoms with E-state index in [1.165, 1.54) is 70.1 Å². The van der Waals surface area contributed by atoms with E-state index < -0.39 is 5.41 Å². The second-order valence-corrected chi connectivity index (χ2v) is 13.3. The lowest BCUT2D eigenvalue weighted by molar-refractivity contribution is -0.659. The zero-order valence-electron chi connectivity index (χ0n) is 22.8. The Bertz CT molecular complexity index is 1810. The van der Waals surface area contributed by atoms with Crippen LogP contribution in [0.4, 0.5) is 0 Å². The monoisotopic (exact) mass is 501 g/mol. The maximum absolute atomic E-state index is 9.75. The van der Waals surface area contributed by atoms with Crippen molar-refractivity contribution in [3.63, 3.8) is 0 Å². The average molecular weight is 502 g/mol. The van der Waals surface area contributed by atoms with Crippen molar-refractivity contribution in [3.05, 3.63) is 77.5 Å². The van der Waals surface area contributed by atoms with Gasteiger partial charge in [0.1, 0.15) is 7.05 Å². The number of fused-ring (bicyclic) bond motifs is 5. The summed E-state index contributed by atoms with van der Waals surface area (Å²) >= 11 is 1.94. The first-order valence-electron chi connectivity index (χ1n) is 13.0. The van der Waals surface area contributed by atoms with Crippen molar-refractivity contribution in [1.29, 1.82) is 5.26 Å². The van der Waals surface area contributed by atoms with Crippen molar-refractivity contribution >= 4 is 44.1 Å². The van der Waals surface area contributed by atoms with Gasteiger partial charge in [-0.2, -0.15) is 5.26 Å². The molecule has 1 aliphatic heterocycles. The molecule has 5 aromatic rings. The van der Waals surface area contributed by atoms with Crippen LogP contribution in [0, 0.1) is 23.7 Å². The van der Waals surface area contributed by atoms with E-state index in [-0.39, 0.29) is 5.41 Å². The molecule has 3 heteroatoms. The second kappa shape index (κ2) is 8.07. The number of hydrogen-bond donors (Lipinski definition) is 0. The normalized spacial score (nSPS) is 13.2. The van der Waals surface area contributed by atoms with Crippen molar-refractivity contribution in [2.75, 3.05) is 0 Å². The van der Waals surface area contributed by atoms with Crippen molar-refractivity contribution in [3.8, 4) is 17.3 Å². The molecule has 0 bridgehead atoms. The van der Waals surface area contributed by atoms with E-state index in [2.05, 4.69) is 106 Å². The molecule has 37 heavy (non-hydrogen) atoms. The average Bonchev–Trinajstić information content (AvgIpc) is 2.85. The zero-order valence-corrected chi connectivity index (χ0v) is 23.6. The van der Waals surface area contributed by atoms with E-state index in [0.29, 0.717) is 0 Å². The molecule has 4 aromatic carbocycles.